The molecular formula is C12H11N3O4S. The molecule has 0 saturated carbocycles. The van der Waals surface area contributed by atoms with Crippen LogP contribution >= 0.6 is 0 Å². The van der Waals surface area contributed by atoms with Crippen molar-refractivity contribution in [2.24, 2.45) is 5.14 Å². The van der Waals surface area contributed by atoms with Gasteiger partial charge in [0.05, 0.1) is 4.90 Å². The molecule has 20 heavy (non-hydrogen) atoms. The van der Waals surface area contributed by atoms with E-state index in [4.69, 9.17) is 5.14 Å². The number of nitrogens with zero attached hydrogens (tertiary/aromatic N) is 1. The summed E-state index contributed by atoms with van der Waals surface area (Å²) in [6, 6.07) is 8.14. The van der Waals surface area contributed by atoms with E-state index in [0.29, 0.717) is 5.69 Å². The Balaban J connectivity index is 2.19. The smallest absolute Gasteiger partial charge is 0.278 e. The number of hydrogen-bond donors (Lipinski definition) is 3. The molecule has 2 rings (SSSR count). The number of carbonyl (C=O) groups excluding carboxylic acids is 1. The van der Waals surface area contributed by atoms with Crippen molar-refractivity contribution in [3.8, 4) is 5.75 Å². The fourth-order valence-electron chi connectivity index (χ4n) is 1.49. The van der Waals surface area contributed by atoms with Gasteiger partial charge in [-0.2, -0.15) is 0 Å². The predicted octanol–water partition coefficient (Wildman–Crippen LogP) is 0.687. The summed E-state index contributed by atoms with van der Waals surface area (Å²) in [5, 5.41) is 16.9. The summed E-state index contributed by atoms with van der Waals surface area (Å²) in [6.07, 6.45) is 1.37. The maximum Gasteiger partial charge on any atom is 0.278 e. The van der Waals surface area contributed by atoms with E-state index >= 15 is 0 Å². The van der Waals surface area contributed by atoms with E-state index in [1.54, 1.807) is 0 Å². The Bertz CT molecular complexity index is 742. The highest BCUT2D eigenvalue weighted by Gasteiger charge is 2.13. The molecule has 0 saturated heterocycles. The molecule has 1 heterocycles. The van der Waals surface area contributed by atoms with Crippen LogP contribution in [0, 0.1) is 0 Å². The van der Waals surface area contributed by atoms with E-state index in [1.165, 1.54) is 42.6 Å². The summed E-state index contributed by atoms with van der Waals surface area (Å²) in [5.41, 5.74) is 0.232. The Morgan fingerprint density at radius 3 is 2.40 bits per heavy atom. The number of carbonyl (C=O) groups is 1. The lowest BCUT2D eigenvalue weighted by atomic mass is 10.2. The van der Waals surface area contributed by atoms with Crippen molar-refractivity contribution >= 4 is 21.6 Å². The maximum absolute atomic E-state index is 11.8. The Morgan fingerprint density at radius 2 is 1.85 bits per heavy atom. The van der Waals surface area contributed by atoms with Gasteiger partial charge >= 0.3 is 0 Å². The number of primary sulfonamides is 1. The molecule has 8 heteroatoms. The third-order valence-corrected chi connectivity index (χ3v) is 3.37. The van der Waals surface area contributed by atoms with Crippen molar-refractivity contribution < 1.29 is 18.3 Å². The van der Waals surface area contributed by atoms with Crippen LogP contribution in [0.15, 0.2) is 47.5 Å². The van der Waals surface area contributed by atoms with Crippen molar-refractivity contribution in [2.75, 3.05) is 5.32 Å². The molecule has 0 unspecified atom stereocenters. The second-order valence-electron chi connectivity index (χ2n) is 3.89. The highest BCUT2D eigenvalue weighted by atomic mass is 32.2. The van der Waals surface area contributed by atoms with Gasteiger partial charge in [-0.1, -0.05) is 0 Å². The number of hydrogen-bond acceptors (Lipinski definition) is 5. The number of aromatic nitrogens is 1. The van der Waals surface area contributed by atoms with Crippen LogP contribution < -0.4 is 10.5 Å². The van der Waals surface area contributed by atoms with Crippen molar-refractivity contribution in [2.45, 2.75) is 4.90 Å². The van der Waals surface area contributed by atoms with Crippen LogP contribution in [0.2, 0.25) is 0 Å². The van der Waals surface area contributed by atoms with Gasteiger partial charge in [-0.3, -0.25) is 4.79 Å². The molecule has 1 amide bonds. The molecule has 104 valence electrons. The van der Waals surface area contributed by atoms with Crippen LogP contribution in [0.3, 0.4) is 0 Å². The molecule has 0 aliphatic carbocycles. The van der Waals surface area contributed by atoms with Crippen LogP contribution in [0.1, 0.15) is 10.5 Å². The Kier molecular flexibility index (Phi) is 3.68. The standard InChI is InChI=1S/C12H11N3O4S/c13-20(18,19)9-5-3-8(4-6-9)15-12(17)11-10(16)2-1-7-14-11/h1-7,16H,(H,15,17)(H2,13,18,19). The summed E-state index contributed by atoms with van der Waals surface area (Å²) < 4.78 is 22.2. The average Bonchev–Trinajstić information content (AvgIpc) is 2.38. The molecule has 1 aromatic carbocycles. The molecule has 0 spiro atoms. The molecule has 0 aliphatic rings. The minimum absolute atomic E-state index is 0.0591. The van der Waals surface area contributed by atoms with E-state index in [9.17, 15) is 18.3 Å². The molecule has 7 nitrogen and oxygen atoms in total. The summed E-state index contributed by atoms with van der Waals surface area (Å²) in [6.45, 7) is 0. The third kappa shape index (κ3) is 3.11. The number of nitrogens with one attached hydrogen (secondary N) is 1. The number of anilines is 1. The number of aromatic hydroxyl groups is 1. The molecule has 0 atom stereocenters. The fraction of sp³-hybridized carbons (Fsp3) is 0. The number of pyridine rings is 1. The van der Waals surface area contributed by atoms with E-state index in [2.05, 4.69) is 10.3 Å². The Morgan fingerprint density at radius 1 is 1.20 bits per heavy atom. The van der Waals surface area contributed by atoms with Crippen LogP contribution in [-0.4, -0.2) is 24.4 Å². The topological polar surface area (TPSA) is 122 Å². The van der Waals surface area contributed by atoms with Gasteiger partial charge in [0.25, 0.3) is 5.91 Å². The van der Waals surface area contributed by atoms with Crippen LogP contribution in [0.5, 0.6) is 5.75 Å². The van der Waals surface area contributed by atoms with E-state index in [-0.39, 0.29) is 16.3 Å². The fourth-order valence-corrected chi connectivity index (χ4v) is 2.01. The average molecular weight is 293 g/mol. The first-order chi connectivity index (χ1) is 9.38. The molecule has 0 bridgehead atoms. The largest absolute Gasteiger partial charge is 0.505 e. The van der Waals surface area contributed by atoms with Crippen molar-refractivity contribution in [1.82, 2.24) is 4.98 Å². The van der Waals surface area contributed by atoms with Gasteiger partial charge in [-0.15, -0.1) is 0 Å². The van der Waals surface area contributed by atoms with Gasteiger partial charge in [0, 0.05) is 11.9 Å². The maximum atomic E-state index is 11.8. The van der Waals surface area contributed by atoms with Crippen molar-refractivity contribution in [1.29, 1.82) is 0 Å². The summed E-state index contributed by atoms with van der Waals surface area (Å²) in [4.78, 5) is 15.5. The number of benzene rings is 1. The predicted molar refractivity (Wildman–Crippen MR) is 71.7 cm³/mol. The highest BCUT2D eigenvalue weighted by molar-refractivity contribution is 7.89. The van der Waals surface area contributed by atoms with Gasteiger partial charge < -0.3 is 10.4 Å². The minimum Gasteiger partial charge on any atom is -0.505 e. The zero-order valence-electron chi connectivity index (χ0n) is 10.1. The number of rotatable bonds is 3. The lowest BCUT2D eigenvalue weighted by molar-refractivity contribution is 0.101. The molecular weight excluding hydrogens is 282 g/mol. The van der Waals surface area contributed by atoms with Gasteiger partial charge in [-0.05, 0) is 36.4 Å². The zero-order valence-corrected chi connectivity index (χ0v) is 11.0. The summed E-state index contributed by atoms with van der Waals surface area (Å²) >= 11 is 0. The summed E-state index contributed by atoms with van der Waals surface area (Å²) in [5.74, 6) is -0.849. The third-order valence-electron chi connectivity index (χ3n) is 2.44. The van der Waals surface area contributed by atoms with Gasteiger partial charge in [0.2, 0.25) is 10.0 Å². The Labute approximate surface area is 115 Å². The van der Waals surface area contributed by atoms with Gasteiger partial charge in [-0.25, -0.2) is 18.5 Å². The van der Waals surface area contributed by atoms with E-state index in [0.717, 1.165) is 0 Å². The first-order valence-corrected chi connectivity index (χ1v) is 7.01. The molecule has 0 aliphatic heterocycles. The van der Waals surface area contributed by atoms with Crippen molar-refractivity contribution in [3.63, 3.8) is 0 Å². The first kappa shape index (κ1) is 14.0. The molecule has 2 aromatic rings. The minimum atomic E-state index is -3.77. The lowest BCUT2D eigenvalue weighted by Crippen LogP contribution is -2.14. The lowest BCUT2D eigenvalue weighted by Gasteiger charge is -2.06. The zero-order chi connectivity index (χ0) is 14.8. The quantitative estimate of drug-likeness (QED) is 0.768. The van der Waals surface area contributed by atoms with Crippen molar-refractivity contribution in [3.05, 3.63) is 48.3 Å². The SMILES string of the molecule is NS(=O)(=O)c1ccc(NC(=O)c2ncccc2O)cc1. The molecule has 4 N–H and O–H groups in total. The Hall–Kier alpha value is -2.45. The van der Waals surface area contributed by atoms with Gasteiger partial charge in [0.1, 0.15) is 5.75 Å². The second-order valence-corrected chi connectivity index (χ2v) is 5.46. The first-order valence-electron chi connectivity index (χ1n) is 5.46. The monoisotopic (exact) mass is 293 g/mol. The van der Waals surface area contributed by atoms with Crippen LogP contribution in [0.4, 0.5) is 5.69 Å². The molecule has 0 fully saturated rings. The normalized spacial score (nSPS) is 11.1. The highest BCUT2D eigenvalue weighted by Crippen LogP contribution is 2.17. The number of amides is 1. The second kappa shape index (κ2) is 5.27. The number of nitrogens with two attached hydrogens (primary N) is 1. The summed E-state index contributed by atoms with van der Waals surface area (Å²) in [7, 11) is -3.77. The van der Waals surface area contributed by atoms with E-state index < -0.39 is 15.9 Å². The number of sulfonamides is 1. The van der Waals surface area contributed by atoms with E-state index in [1.807, 2.05) is 0 Å². The van der Waals surface area contributed by atoms with Gasteiger partial charge in [0.15, 0.2) is 5.69 Å². The molecule has 0 radical (unpaired) electrons. The van der Waals surface area contributed by atoms with Crippen LogP contribution in [0.25, 0.3) is 0 Å². The molecule has 1 aromatic heterocycles. The van der Waals surface area contributed by atoms with Crippen LogP contribution in [-0.2, 0) is 10.0 Å².